The summed E-state index contributed by atoms with van der Waals surface area (Å²) >= 11 is 6.31. The Hall–Kier alpha value is -3.56. The number of nitrogens with zero attached hydrogens (tertiary/aromatic N) is 2. The highest BCUT2D eigenvalue weighted by molar-refractivity contribution is 7.92. The van der Waals surface area contributed by atoms with E-state index in [0.29, 0.717) is 12.3 Å². The van der Waals surface area contributed by atoms with Gasteiger partial charge in [0.25, 0.3) is 10.0 Å². The topological polar surface area (TPSA) is 96.0 Å². The van der Waals surface area contributed by atoms with Crippen molar-refractivity contribution in [1.82, 2.24) is 10.2 Å². The number of halogens is 1. The average molecular weight is 544 g/mol. The third kappa shape index (κ3) is 6.81. The minimum atomic E-state index is -4.16. The fourth-order valence-electron chi connectivity index (χ4n) is 3.74. The molecule has 0 heterocycles. The summed E-state index contributed by atoms with van der Waals surface area (Å²) < 4.78 is 33.6. The van der Waals surface area contributed by atoms with E-state index in [4.69, 9.17) is 16.3 Å². The number of carbonyl (C=O) groups is 2. The third-order valence-electron chi connectivity index (χ3n) is 5.75. The zero-order valence-electron chi connectivity index (χ0n) is 20.9. The first kappa shape index (κ1) is 28.0. The lowest BCUT2D eigenvalue weighted by Gasteiger charge is -2.32. The van der Waals surface area contributed by atoms with Gasteiger partial charge in [0.1, 0.15) is 18.3 Å². The van der Waals surface area contributed by atoms with Crippen LogP contribution in [0, 0.1) is 0 Å². The molecule has 0 aromatic heterocycles. The smallest absolute Gasteiger partial charge is 0.264 e. The van der Waals surface area contributed by atoms with Crippen LogP contribution in [0.25, 0.3) is 0 Å². The van der Waals surface area contributed by atoms with Crippen LogP contribution in [0.1, 0.15) is 19.4 Å². The highest BCUT2D eigenvalue weighted by Gasteiger charge is 2.32. The predicted octanol–water partition coefficient (Wildman–Crippen LogP) is 4.10. The number of benzene rings is 3. The molecule has 10 heteroatoms. The molecule has 0 aliphatic carbocycles. The van der Waals surface area contributed by atoms with Crippen molar-refractivity contribution >= 4 is 39.1 Å². The Balaban J connectivity index is 2.04. The molecule has 2 amide bonds. The van der Waals surface area contributed by atoms with Crippen molar-refractivity contribution in [2.75, 3.05) is 24.5 Å². The quantitative estimate of drug-likeness (QED) is 0.393. The van der Waals surface area contributed by atoms with E-state index in [1.807, 2.05) is 30.3 Å². The number of methoxy groups -OCH3 is 1. The van der Waals surface area contributed by atoms with Crippen LogP contribution in [0.2, 0.25) is 5.02 Å². The number of rotatable bonds is 11. The molecule has 0 aliphatic heterocycles. The highest BCUT2D eigenvalue weighted by atomic mass is 35.5. The van der Waals surface area contributed by atoms with Crippen molar-refractivity contribution in [2.24, 2.45) is 0 Å². The fraction of sp³-hybridized carbons (Fsp3) is 0.259. The second-order valence-electron chi connectivity index (χ2n) is 8.22. The average Bonchev–Trinajstić information content (AvgIpc) is 2.91. The van der Waals surface area contributed by atoms with E-state index in [1.165, 1.54) is 42.3 Å². The second kappa shape index (κ2) is 12.6. The van der Waals surface area contributed by atoms with Gasteiger partial charge in [-0.3, -0.25) is 13.9 Å². The summed E-state index contributed by atoms with van der Waals surface area (Å²) in [5.74, 6) is -0.518. The maximum Gasteiger partial charge on any atom is 0.264 e. The van der Waals surface area contributed by atoms with Gasteiger partial charge >= 0.3 is 0 Å². The van der Waals surface area contributed by atoms with Crippen LogP contribution < -0.4 is 14.4 Å². The van der Waals surface area contributed by atoms with Crippen LogP contribution in [-0.2, 0) is 26.2 Å². The monoisotopic (exact) mass is 543 g/mol. The molecule has 196 valence electrons. The first-order chi connectivity index (χ1) is 17.7. The SMILES string of the molecule is CCNC(=O)[C@@H](C)N(Cc1ccccc1)C(=O)CN(c1ccc(OC)c(Cl)c1)S(=O)(=O)c1ccccc1. The maximum absolute atomic E-state index is 13.7. The molecule has 0 unspecified atom stereocenters. The molecule has 0 fully saturated rings. The van der Waals surface area contributed by atoms with Gasteiger partial charge in [-0.2, -0.15) is 0 Å². The lowest BCUT2D eigenvalue weighted by Crippen LogP contribution is -2.51. The Labute approximate surface area is 222 Å². The van der Waals surface area contributed by atoms with Gasteiger partial charge < -0.3 is 15.0 Å². The first-order valence-corrected chi connectivity index (χ1v) is 13.5. The van der Waals surface area contributed by atoms with Crippen LogP contribution >= 0.6 is 11.6 Å². The van der Waals surface area contributed by atoms with Crippen molar-refractivity contribution in [3.63, 3.8) is 0 Å². The zero-order chi connectivity index (χ0) is 27.0. The molecule has 8 nitrogen and oxygen atoms in total. The Morgan fingerprint density at radius 2 is 1.62 bits per heavy atom. The molecular formula is C27H30ClN3O5S. The predicted molar refractivity (Wildman–Crippen MR) is 144 cm³/mol. The number of anilines is 1. The Kier molecular flexibility index (Phi) is 9.54. The van der Waals surface area contributed by atoms with Crippen molar-refractivity contribution in [1.29, 1.82) is 0 Å². The number of likely N-dealkylation sites (N-methyl/N-ethyl adjacent to an activating group) is 1. The van der Waals surface area contributed by atoms with Crippen molar-refractivity contribution in [3.05, 3.63) is 89.4 Å². The molecule has 0 spiro atoms. The van der Waals surface area contributed by atoms with Gasteiger partial charge in [-0.25, -0.2) is 8.42 Å². The van der Waals surface area contributed by atoms with Crippen LogP contribution in [0.15, 0.2) is 83.8 Å². The van der Waals surface area contributed by atoms with E-state index in [1.54, 1.807) is 32.0 Å². The minimum Gasteiger partial charge on any atom is -0.495 e. The molecular weight excluding hydrogens is 514 g/mol. The van der Waals surface area contributed by atoms with Gasteiger partial charge in [-0.05, 0) is 49.7 Å². The zero-order valence-corrected chi connectivity index (χ0v) is 22.5. The molecule has 1 N–H and O–H groups in total. The Morgan fingerprint density at radius 1 is 1.00 bits per heavy atom. The number of sulfonamides is 1. The number of ether oxygens (including phenoxy) is 1. The fourth-order valence-corrected chi connectivity index (χ4v) is 5.42. The molecule has 0 saturated carbocycles. The van der Waals surface area contributed by atoms with Crippen LogP contribution in [0.5, 0.6) is 5.75 Å². The lowest BCUT2D eigenvalue weighted by molar-refractivity contribution is -0.139. The van der Waals surface area contributed by atoms with Gasteiger partial charge in [0, 0.05) is 13.1 Å². The number of hydrogen-bond acceptors (Lipinski definition) is 5. The number of amides is 2. The summed E-state index contributed by atoms with van der Waals surface area (Å²) in [4.78, 5) is 27.8. The van der Waals surface area contributed by atoms with Crippen LogP contribution in [0.4, 0.5) is 5.69 Å². The lowest BCUT2D eigenvalue weighted by atomic mass is 10.1. The summed E-state index contributed by atoms with van der Waals surface area (Å²) in [6.07, 6.45) is 0. The molecule has 0 saturated heterocycles. The van der Waals surface area contributed by atoms with Crippen LogP contribution in [0.3, 0.4) is 0 Å². The van der Waals surface area contributed by atoms with Crippen molar-refractivity contribution < 1.29 is 22.7 Å². The Morgan fingerprint density at radius 3 is 2.19 bits per heavy atom. The standard InChI is InChI=1S/C27H30ClN3O5S/c1-4-29-27(33)20(2)30(18-21-11-7-5-8-12-21)26(32)19-31(22-15-16-25(36-3)24(28)17-22)37(34,35)23-13-9-6-10-14-23/h5-17,20H,4,18-19H2,1-3H3,(H,29,33)/t20-/m1/s1. The molecule has 3 rings (SSSR count). The molecule has 0 aliphatic rings. The van der Waals surface area contributed by atoms with E-state index >= 15 is 0 Å². The highest BCUT2D eigenvalue weighted by Crippen LogP contribution is 2.32. The summed E-state index contributed by atoms with van der Waals surface area (Å²) in [5.41, 5.74) is 0.991. The summed E-state index contributed by atoms with van der Waals surface area (Å²) in [6.45, 7) is 3.38. The number of nitrogens with one attached hydrogen (secondary N) is 1. The largest absolute Gasteiger partial charge is 0.495 e. The molecule has 37 heavy (non-hydrogen) atoms. The van der Waals surface area contributed by atoms with Gasteiger partial charge in [-0.1, -0.05) is 60.1 Å². The van der Waals surface area contributed by atoms with E-state index in [2.05, 4.69) is 5.32 Å². The van der Waals surface area contributed by atoms with Crippen molar-refractivity contribution in [2.45, 2.75) is 31.3 Å². The van der Waals surface area contributed by atoms with E-state index < -0.39 is 28.5 Å². The minimum absolute atomic E-state index is 0.0149. The molecule has 0 bridgehead atoms. The number of hydrogen-bond donors (Lipinski definition) is 1. The second-order valence-corrected chi connectivity index (χ2v) is 10.5. The summed E-state index contributed by atoms with van der Waals surface area (Å²) in [7, 11) is -2.71. The normalized spacial score (nSPS) is 11.9. The molecule has 0 radical (unpaired) electrons. The molecule has 3 aromatic rings. The number of carbonyl (C=O) groups excluding carboxylic acids is 2. The van der Waals surface area contributed by atoms with E-state index in [0.717, 1.165) is 9.87 Å². The summed E-state index contributed by atoms with van der Waals surface area (Å²) in [6, 6.07) is 20.7. The van der Waals surface area contributed by atoms with E-state index in [-0.39, 0.29) is 28.1 Å². The maximum atomic E-state index is 13.7. The van der Waals surface area contributed by atoms with Crippen molar-refractivity contribution in [3.8, 4) is 5.75 Å². The molecule has 1 atom stereocenters. The first-order valence-electron chi connectivity index (χ1n) is 11.7. The Bertz CT molecular complexity index is 1320. The van der Waals surface area contributed by atoms with Crippen LogP contribution in [-0.4, -0.2) is 51.4 Å². The van der Waals surface area contributed by atoms with Gasteiger partial charge in [-0.15, -0.1) is 0 Å². The van der Waals surface area contributed by atoms with Gasteiger partial charge in [0.15, 0.2) is 0 Å². The van der Waals surface area contributed by atoms with Gasteiger partial charge in [0.05, 0.1) is 22.7 Å². The summed E-state index contributed by atoms with van der Waals surface area (Å²) in [5, 5.41) is 2.92. The third-order valence-corrected chi connectivity index (χ3v) is 7.83. The van der Waals surface area contributed by atoms with E-state index in [9.17, 15) is 18.0 Å². The van der Waals surface area contributed by atoms with Gasteiger partial charge in [0.2, 0.25) is 11.8 Å². The molecule has 3 aromatic carbocycles.